The van der Waals surface area contributed by atoms with Crippen molar-refractivity contribution in [2.24, 2.45) is 0 Å². The van der Waals surface area contributed by atoms with Crippen LogP contribution in [0.3, 0.4) is 0 Å². The fourth-order valence-electron chi connectivity index (χ4n) is 1.83. The fraction of sp³-hybridized carbons (Fsp3) is 0.588. The first kappa shape index (κ1) is 20.0. The van der Waals surface area contributed by atoms with Crippen molar-refractivity contribution in [3.8, 4) is 11.5 Å². The van der Waals surface area contributed by atoms with E-state index in [4.69, 9.17) is 13.9 Å². The molecule has 0 aromatic heterocycles. The number of rotatable bonds is 5. The largest absolute Gasteiger partial charge is 0.543 e. The zero-order valence-corrected chi connectivity index (χ0v) is 17.9. The second-order valence-electron chi connectivity index (χ2n) is 6.97. The van der Waals surface area contributed by atoms with Gasteiger partial charge < -0.3 is 13.9 Å². The normalized spacial score (nSPS) is 12.0. The van der Waals surface area contributed by atoms with Crippen molar-refractivity contribution in [3.05, 3.63) is 21.7 Å². The second-order valence-corrected chi connectivity index (χ2v) is 12.5. The van der Waals surface area contributed by atoms with Gasteiger partial charge in [0.15, 0.2) is 0 Å². The average molecular weight is 403 g/mol. The third-order valence-corrected chi connectivity index (χ3v) is 9.44. The lowest BCUT2D eigenvalue weighted by atomic mass is 10.1. The van der Waals surface area contributed by atoms with E-state index < -0.39 is 8.32 Å². The Bertz CT molecular complexity index is 591. The number of carbonyl (C=O) groups excluding carboxylic acids is 1. The Morgan fingerprint density at radius 1 is 1.26 bits per heavy atom. The third kappa shape index (κ3) is 4.29. The minimum absolute atomic E-state index is 0.0594. The molecule has 4 nitrogen and oxygen atoms in total. The summed E-state index contributed by atoms with van der Waals surface area (Å²) in [5, 5.41) is 0.0594. The molecule has 6 heteroatoms. The van der Waals surface area contributed by atoms with Crippen LogP contribution in [0.4, 0.5) is 0 Å². The number of esters is 1. The number of ether oxygens (including phenoxy) is 2. The predicted octanol–water partition coefficient (Wildman–Crippen LogP) is 5.33. The predicted molar refractivity (Wildman–Crippen MR) is 99.2 cm³/mol. The van der Waals surface area contributed by atoms with Crippen LogP contribution in [-0.4, -0.2) is 28.0 Å². The van der Waals surface area contributed by atoms with E-state index in [1.807, 2.05) is 13.0 Å². The number of hydrogen-bond donors (Lipinski definition) is 0. The molecule has 0 spiro atoms. The highest BCUT2D eigenvalue weighted by atomic mass is 79.9. The number of carbonyl (C=O) groups is 1. The van der Waals surface area contributed by atoms with Crippen LogP contribution in [0.5, 0.6) is 11.5 Å². The molecular weight excluding hydrogens is 376 g/mol. The Morgan fingerprint density at radius 2 is 1.83 bits per heavy atom. The molecule has 0 heterocycles. The summed E-state index contributed by atoms with van der Waals surface area (Å²) in [6.07, 6.45) is 0. The van der Waals surface area contributed by atoms with Gasteiger partial charge in [-0.25, -0.2) is 4.79 Å². The van der Waals surface area contributed by atoms with Gasteiger partial charge in [0.05, 0.1) is 23.8 Å². The van der Waals surface area contributed by atoms with Crippen molar-refractivity contribution in [1.29, 1.82) is 0 Å². The first-order valence-corrected chi connectivity index (χ1v) is 11.4. The third-order valence-electron chi connectivity index (χ3n) is 4.31. The minimum Gasteiger partial charge on any atom is -0.543 e. The molecule has 0 radical (unpaired) electrons. The van der Waals surface area contributed by atoms with Gasteiger partial charge in [0, 0.05) is 11.6 Å². The molecule has 1 aromatic rings. The first-order chi connectivity index (χ1) is 10.5. The van der Waals surface area contributed by atoms with Gasteiger partial charge in [0.1, 0.15) is 11.5 Å². The molecule has 0 aliphatic rings. The van der Waals surface area contributed by atoms with Gasteiger partial charge in [-0.3, -0.25) is 0 Å². The maximum absolute atomic E-state index is 12.3. The molecule has 0 aliphatic carbocycles. The summed E-state index contributed by atoms with van der Waals surface area (Å²) in [6.45, 7) is 14.9. The average Bonchev–Trinajstić information content (AvgIpc) is 2.41. The smallest absolute Gasteiger partial charge is 0.339 e. The van der Waals surface area contributed by atoms with Crippen LogP contribution < -0.4 is 9.16 Å². The van der Waals surface area contributed by atoms with Crippen LogP contribution in [0.1, 0.15) is 43.6 Å². The summed E-state index contributed by atoms with van der Waals surface area (Å²) in [5.41, 5.74) is 1.22. The van der Waals surface area contributed by atoms with Gasteiger partial charge in [-0.2, -0.15) is 0 Å². The highest BCUT2D eigenvalue weighted by Gasteiger charge is 2.39. The van der Waals surface area contributed by atoms with Crippen LogP contribution in [0.15, 0.2) is 10.5 Å². The van der Waals surface area contributed by atoms with E-state index in [9.17, 15) is 4.79 Å². The Kier molecular flexibility index (Phi) is 6.32. The number of benzene rings is 1. The topological polar surface area (TPSA) is 44.8 Å². The van der Waals surface area contributed by atoms with Gasteiger partial charge >= 0.3 is 5.97 Å². The summed E-state index contributed by atoms with van der Waals surface area (Å²) < 4.78 is 17.6. The van der Waals surface area contributed by atoms with E-state index in [1.54, 1.807) is 14.0 Å². The van der Waals surface area contributed by atoms with Crippen molar-refractivity contribution in [2.45, 2.75) is 52.8 Å². The number of methoxy groups -OCH3 is 1. The number of halogens is 1. The Morgan fingerprint density at radius 3 is 2.26 bits per heavy atom. The Hall–Kier alpha value is -1.01. The van der Waals surface area contributed by atoms with E-state index in [1.165, 1.54) is 0 Å². The molecule has 1 aromatic carbocycles. The molecule has 0 fully saturated rings. The van der Waals surface area contributed by atoms with Gasteiger partial charge in [0.25, 0.3) is 0 Å². The summed E-state index contributed by atoms with van der Waals surface area (Å²) in [7, 11) is -0.459. The SMILES string of the molecule is CCOC(=O)c1c(C)c(O[Si](C)(C)C(C)(C)C)cc(OC)c1Br. The second kappa shape index (κ2) is 7.26. The molecule has 0 atom stereocenters. The van der Waals surface area contributed by atoms with Gasteiger partial charge in [-0.05, 0) is 47.9 Å². The van der Waals surface area contributed by atoms with Gasteiger partial charge in [-0.1, -0.05) is 20.8 Å². The zero-order valence-electron chi connectivity index (χ0n) is 15.3. The van der Waals surface area contributed by atoms with Crippen molar-refractivity contribution in [3.63, 3.8) is 0 Å². The molecule has 23 heavy (non-hydrogen) atoms. The minimum atomic E-state index is -2.03. The molecular formula is C17H27BrO4Si. The summed E-state index contributed by atoms with van der Waals surface area (Å²) in [5.74, 6) is 0.864. The molecule has 0 amide bonds. The van der Waals surface area contributed by atoms with Crippen LogP contribution in [-0.2, 0) is 4.74 Å². The van der Waals surface area contributed by atoms with Gasteiger partial charge in [-0.15, -0.1) is 0 Å². The van der Waals surface area contributed by atoms with E-state index in [0.717, 1.165) is 5.56 Å². The van der Waals surface area contributed by atoms with Crippen LogP contribution >= 0.6 is 15.9 Å². The Balaban J connectivity index is 3.45. The van der Waals surface area contributed by atoms with Crippen molar-refractivity contribution >= 4 is 30.2 Å². The molecule has 0 unspecified atom stereocenters. The van der Waals surface area contributed by atoms with E-state index in [-0.39, 0.29) is 11.0 Å². The summed E-state index contributed by atoms with van der Waals surface area (Å²) in [4.78, 5) is 12.3. The first-order valence-electron chi connectivity index (χ1n) is 7.69. The Labute approximate surface area is 148 Å². The maximum atomic E-state index is 12.3. The molecule has 130 valence electrons. The molecule has 0 saturated heterocycles. The lowest BCUT2D eigenvalue weighted by Crippen LogP contribution is -2.44. The standard InChI is InChI=1S/C17H27BrO4Si/c1-9-21-16(19)14-11(2)12(10-13(20-6)15(14)18)22-23(7,8)17(3,4)5/h10H,9H2,1-8H3. The lowest BCUT2D eigenvalue weighted by Gasteiger charge is -2.37. The van der Waals surface area contributed by atoms with Gasteiger partial charge in [0.2, 0.25) is 8.32 Å². The van der Waals surface area contributed by atoms with E-state index in [2.05, 4.69) is 49.8 Å². The van der Waals surface area contributed by atoms with Crippen molar-refractivity contribution in [1.82, 2.24) is 0 Å². The van der Waals surface area contributed by atoms with Crippen LogP contribution in [0.2, 0.25) is 18.1 Å². The highest BCUT2D eigenvalue weighted by molar-refractivity contribution is 9.10. The monoisotopic (exact) mass is 402 g/mol. The molecule has 0 aliphatic heterocycles. The summed E-state index contributed by atoms with van der Waals surface area (Å²) in [6, 6.07) is 1.84. The molecule has 1 rings (SSSR count). The maximum Gasteiger partial charge on any atom is 0.339 e. The zero-order chi connectivity index (χ0) is 18.0. The lowest BCUT2D eigenvalue weighted by molar-refractivity contribution is 0.0523. The molecule has 0 bridgehead atoms. The summed E-state index contributed by atoms with van der Waals surface area (Å²) >= 11 is 3.45. The fourth-order valence-corrected chi connectivity index (χ4v) is 3.63. The number of hydrogen-bond acceptors (Lipinski definition) is 4. The van der Waals surface area contributed by atoms with Crippen LogP contribution in [0.25, 0.3) is 0 Å². The van der Waals surface area contributed by atoms with Crippen molar-refractivity contribution < 1.29 is 18.7 Å². The van der Waals surface area contributed by atoms with Crippen molar-refractivity contribution in [2.75, 3.05) is 13.7 Å². The molecule has 0 N–H and O–H groups in total. The quantitative estimate of drug-likeness (QED) is 0.493. The van der Waals surface area contributed by atoms with E-state index in [0.29, 0.717) is 28.1 Å². The highest BCUT2D eigenvalue weighted by Crippen LogP contribution is 2.42. The molecule has 0 saturated carbocycles. The van der Waals surface area contributed by atoms with Crippen LogP contribution in [0, 0.1) is 6.92 Å². The van der Waals surface area contributed by atoms with E-state index >= 15 is 0 Å².